The molecular weight excluding hydrogens is 391 g/mol. The second-order valence-corrected chi connectivity index (χ2v) is 8.35. The lowest BCUT2D eigenvalue weighted by atomic mass is 10.1. The second kappa shape index (κ2) is 8.87. The van der Waals surface area contributed by atoms with Crippen LogP contribution < -0.4 is 10.0 Å². The molecule has 0 aromatic heterocycles. The van der Waals surface area contributed by atoms with Crippen molar-refractivity contribution in [2.45, 2.75) is 24.7 Å². The molecule has 0 saturated heterocycles. The van der Waals surface area contributed by atoms with Gasteiger partial charge in [0.15, 0.2) is 0 Å². The van der Waals surface area contributed by atoms with Crippen molar-refractivity contribution in [3.8, 4) is 0 Å². The van der Waals surface area contributed by atoms with Crippen molar-refractivity contribution in [1.29, 1.82) is 0 Å². The van der Waals surface area contributed by atoms with E-state index >= 15 is 0 Å². The van der Waals surface area contributed by atoms with Gasteiger partial charge in [0.05, 0.1) is 4.90 Å². The van der Waals surface area contributed by atoms with E-state index in [0.29, 0.717) is 17.8 Å². The van der Waals surface area contributed by atoms with E-state index in [1.54, 1.807) is 24.3 Å². The first-order valence-corrected chi connectivity index (χ1v) is 10.5. The van der Waals surface area contributed by atoms with Crippen molar-refractivity contribution in [3.63, 3.8) is 0 Å². The van der Waals surface area contributed by atoms with Crippen LogP contribution in [0.25, 0.3) is 0 Å². The Balaban J connectivity index is 1.57. The van der Waals surface area contributed by atoms with Crippen LogP contribution in [0, 0.1) is 12.7 Å². The third-order valence-corrected chi connectivity index (χ3v) is 5.70. The summed E-state index contributed by atoms with van der Waals surface area (Å²) in [5.74, 6) is -0.566. The molecule has 0 fully saturated rings. The quantitative estimate of drug-likeness (QED) is 0.600. The summed E-state index contributed by atoms with van der Waals surface area (Å²) in [6.07, 6.45) is 0.684. The van der Waals surface area contributed by atoms with E-state index in [9.17, 15) is 17.6 Å². The highest BCUT2D eigenvalue weighted by Crippen LogP contribution is 2.18. The van der Waals surface area contributed by atoms with Gasteiger partial charge < -0.3 is 5.32 Å². The highest BCUT2D eigenvalue weighted by Gasteiger charge is 2.14. The van der Waals surface area contributed by atoms with Crippen molar-refractivity contribution >= 4 is 27.3 Å². The summed E-state index contributed by atoms with van der Waals surface area (Å²) in [4.78, 5) is 12.2. The van der Waals surface area contributed by atoms with Crippen LogP contribution in [0.2, 0.25) is 0 Å². The van der Waals surface area contributed by atoms with Crippen LogP contribution in [0.5, 0.6) is 0 Å². The van der Waals surface area contributed by atoms with Crippen LogP contribution in [-0.4, -0.2) is 14.3 Å². The largest absolute Gasteiger partial charge is 0.326 e. The van der Waals surface area contributed by atoms with E-state index < -0.39 is 10.0 Å². The normalized spacial score (nSPS) is 11.1. The molecule has 0 bridgehead atoms. The molecule has 1 amide bonds. The Kier molecular flexibility index (Phi) is 6.29. The van der Waals surface area contributed by atoms with E-state index in [1.165, 1.54) is 36.4 Å². The van der Waals surface area contributed by atoms with Gasteiger partial charge in [0, 0.05) is 17.8 Å². The smallest absolute Gasteiger partial charge is 0.261 e. The zero-order valence-electron chi connectivity index (χ0n) is 15.9. The number of anilines is 2. The number of hydrogen-bond donors (Lipinski definition) is 2. The Labute approximate surface area is 169 Å². The average molecular weight is 412 g/mol. The maximum atomic E-state index is 12.9. The number of carbonyl (C=O) groups excluding carboxylic acids is 1. The summed E-state index contributed by atoms with van der Waals surface area (Å²) in [5.41, 5.74) is 2.91. The zero-order chi connectivity index (χ0) is 20.9. The number of hydrogen-bond acceptors (Lipinski definition) is 3. The number of nitrogens with one attached hydrogen (secondary N) is 2. The molecule has 3 aromatic carbocycles. The molecule has 0 aliphatic heterocycles. The highest BCUT2D eigenvalue weighted by atomic mass is 32.2. The van der Waals surface area contributed by atoms with E-state index in [0.717, 1.165) is 11.1 Å². The lowest BCUT2D eigenvalue weighted by molar-refractivity contribution is -0.116. The molecule has 0 aliphatic rings. The maximum Gasteiger partial charge on any atom is 0.261 e. The minimum Gasteiger partial charge on any atom is -0.326 e. The first kappa shape index (κ1) is 20.5. The minimum atomic E-state index is -3.68. The molecule has 2 N–H and O–H groups in total. The van der Waals surface area contributed by atoms with Crippen LogP contribution in [0.4, 0.5) is 15.8 Å². The first-order valence-electron chi connectivity index (χ1n) is 9.06. The van der Waals surface area contributed by atoms with Crippen molar-refractivity contribution in [1.82, 2.24) is 0 Å². The fourth-order valence-corrected chi connectivity index (χ4v) is 3.74. The molecule has 0 saturated carbocycles. The lowest BCUT2D eigenvalue weighted by Crippen LogP contribution is -2.13. The van der Waals surface area contributed by atoms with Crippen molar-refractivity contribution in [2.24, 2.45) is 0 Å². The lowest BCUT2D eigenvalue weighted by Gasteiger charge is -2.09. The molecule has 3 aromatic rings. The Morgan fingerprint density at radius 1 is 0.862 bits per heavy atom. The van der Waals surface area contributed by atoms with Crippen LogP contribution >= 0.6 is 0 Å². The molecule has 3 rings (SSSR count). The fourth-order valence-electron chi connectivity index (χ4n) is 2.69. The molecule has 150 valence electrons. The van der Waals surface area contributed by atoms with E-state index in [4.69, 9.17) is 0 Å². The summed E-state index contributed by atoms with van der Waals surface area (Å²) < 4.78 is 40.4. The second-order valence-electron chi connectivity index (χ2n) is 6.67. The van der Waals surface area contributed by atoms with Gasteiger partial charge >= 0.3 is 0 Å². The number of halogens is 1. The van der Waals surface area contributed by atoms with E-state index in [2.05, 4.69) is 10.0 Å². The minimum absolute atomic E-state index is 0.151. The predicted molar refractivity (Wildman–Crippen MR) is 112 cm³/mol. The van der Waals surface area contributed by atoms with E-state index in [1.807, 2.05) is 19.1 Å². The molecular formula is C22H21FN2O3S. The Hall–Kier alpha value is -3.19. The Bertz CT molecular complexity index is 1080. The molecule has 7 heteroatoms. The van der Waals surface area contributed by atoms with Gasteiger partial charge in [0.2, 0.25) is 5.91 Å². The number of sulfonamides is 1. The first-order chi connectivity index (χ1) is 13.8. The number of carbonyl (C=O) groups is 1. The van der Waals surface area contributed by atoms with Crippen molar-refractivity contribution in [3.05, 3.63) is 89.7 Å². The number of aryl methyl sites for hydroxylation is 2. The number of rotatable bonds is 7. The molecule has 0 unspecified atom stereocenters. The topological polar surface area (TPSA) is 75.3 Å². The maximum absolute atomic E-state index is 12.9. The van der Waals surface area contributed by atoms with Crippen molar-refractivity contribution in [2.75, 3.05) is 10.0 Å². The molecule has 0 heterocycles. The van der Waals surface area contributed by atoms with Crippen LogP contribution in [-0.2, 0) is 21.2 Å². The monoisotopic (exact) mass is 412 g/mol. The molecule has 0 radical (unpaired) electrons. The summed E-state index contributed by atoms with van der Waals surface area (Å²) in [7, 11) is -3.68. The van der Waals surface area contributed by atoms with Gasteiger partial charge in [0.1, 0.15) is 5.82 Å². The third kappa shape index (κ3) is 5.89. The molecule has 0 atom stereocenters. The summed E-state index contributed by atoms with van der Waals surface area (Å²) in [6, 6.07) is 19.0. The van der Waals surface area contributed by atoms with Crippen LogP contribution in [0.15, 0.2) is 77.7 Å². The van der Waals surface area contributed by atoms with Gasteiger partial charge in [-0.15, -0.1) is 0 Å². The Morgan fingerprint density at radius 2 is 1.45 bits per heavy atom. The van der Waals surface area contributed by atoms with Crippen LogP contribution in [0.1, 0.15) is 17.5 Å². The fraction of sp³-hybridized carbons (Fsp3) is 0.136. The van der Waals surface area contributed by atoms with Gasteiger partial charge in [-0.05, 0) is 67.4 Å². The van der Waals surface area contributed by atoms with Gasteiger partial charge in [0.25, 0.3) is 10.0 Å². The standard InChI is InChI=1S/C22H21FN2O3S/c1-16-2-9-20(10-3-16)25-29(27,28)21-13-4-17(5-14-21)6-15-22(26)24-19-11-7-18(23)8-12-19/h2-5,7-14,25H,6,15H2,1H3,(H,24,26). The Morgan fingerprint density at radius 3 is 2.07 bits per heavy atom. The molecule has 5 nitrogen and oxygen atoms in total. The van der Waals surface area contributed by atoms with Crippen molar-refractivity contribution < 1.29 is 17.6 Å². The van der Waals surface area contributed by atoms with Gasteiger partial charge in [-0.1, -0.05) is 29.8 Å². The molecule has 0 aliphatic carbocycles. The van der Waals surface area contributed by atoms with E-state index in [-0.39, 0.29) is 23.0 Å². The van der Waals surface area contributed by atoms with Gasteiger partial charge in [-0.3, -0.25) is 9.52 Å². The summed E-state index contributed by atoms with van der Waals surface area (Å²) in [5, 5.41) is 2.69. The van der Waals surface area contributed by atoms with Gasteiger partial charge in [-0.25, -0.2) is 12.8 Å². The molecule has 29 heavy (non-hydrogen) atoms. The summed E-state index contributed by atoms with van der Waals surface area (Å²) >= 11 is 0. The predicted octanol–water partition coefficient (Wildman–Crippen LogP) is 4.51. The number of benzene rings is 3. The summed E-state index contributed by atoms with van der Waals surface area (Å²) in [6.45, 7) is 1.93. The SMILES string of the molecule is Cc1ccc(NS(=O)(=O)c2ccc(CCC(=O)Nc3ccc(F)cc3)cc2)cc1. The highest BCUT2D eigenvalue weighted by molar-refractivity contribution is 7.92. The van der Waals surface area contributed by atoms with Gasteiger partial charge in [-0.2, -0.15) is 0 Å². The zero-order valence-corrected chi connectivity index (χ0v) is 16.7. The average Bonchev–Trinajstić information content (AvgIpc) is 2.70. The third-order valence-electron chi connectivity index (χ3n) is 4.31. The van der Waals surface area contributed by atoms with Crippen LogP contribution in [0.3, 0.4) is 0 Å². The number of amides is 1. The molecule has 0 spiro atoms.